The third-order valence-corrected chi connectivity index (χ3v) is 5.91. The van der Waals surface area contributed by atoms with Gasteiger partial charge in [0.25, 0.3) is 0 Å². The van der Waals surface area contributed by atoms with Crippen LogP contribution in [-0.2, 0) is 14.6 Å². The molecule has 6 heteroatoms. The zero-order valence-corrected chi connectivity index (χ0v) is 14.1. The van der Waals surface area contributed by atoms with Crippen LogP contribution in [0.3, 0.4) is 0 Å². The van der Waals surface area contributed by atoms with Crippen LogP contribution in [0.2, 0.25) is 0 Å². The van der Waals surface area contributed by atoms with Crippen molar-refractivity contribution >= 4 is 15.7 Å². The van der Waals surface area contributed by atoms with Crippen molar-refractivity contribution in [3.05, 3.63) is 24.2 Å². The highest BCUT2D eigenvalue weighted by molar-refractivity contribution is 7.91. The number of rotatable bonds is 6. The third kappa shape index (κ3) is 4.60. The van der Waals surface area contributed by atoms with Gasteiger partial charge in [0.15, 0.2) is 9.84 Å². The number of piperidine rings is 1. The van der Waals surface area contributed by atoms with E-state index >= 15 is 0 Å². The fourth-order valence-electron chi connectivity index (χ4n) is 2.98. The molecule has 22 heavy (non-hydrogen) atoms. The molecular formula is C16H25NO4S. The molecule has 2 rings (SSSR count). The fourth-order valence-corrected chi connectivity index (χ4v) is 4.65. The number of carbonyl (C=O) groups excluding carboxylic acids is 1. The van der Waals surface area contributed by atoms with Crippen molar-refractivity contribution in [1.29, 1.82) is 0 Å². The van der Waals surface area contributed by atoms with E-state index in [-0.39, 0.29) is 35.8 Å². The summed E-state index contributed by atoms with van der Waals surface area (Å²) in [5.74, 6) is 0.866. The normalized spacial score (nSPS) is 19.6. The van der Waals surface area contributed by atoms with Gasteiger partial charge in [0.05, 0.1) is 23.8 Å². The number of sulfone groups is 1. The summed E-state index contributed by atoms with van der Waals surface area (Å²) in [7, 11) is -3.16. The van der Waals surface area contributed by atoms with Crippen LogP contribution in [0.25, 0.3) is 0 Å². The standard InChI is InChI=1S/C16H25NO4S/c1-13(2)12-22(19,20)11-8-16(18)17-9-4-3-6-14(17)15-7-5-10-21-15/h5,7,10,13-14H,3-4,6,8-9,11-12H2,1-2H3/t14-/m0/s1. The van der Waals surface area contributed by atoms with Crippen LogP contribution in [0.15, 0.2) is 22.8 Å². The molecule has 1 aromatic heterocycles. The lowest BCUT2D eigenvalue weighted by molar-refractivity contribution is -0.135. The number of amides is 1. The first-order chi connectivity index (χ1) is 10.4. The molecule has 1 fully saturated rings. The van der Waals surface area contributed by atoms with Gasteiger partial charge in [-0.3, -0.25) is 4.79 Å². The first kappa shape index (κ1) is 17.1. The second kappa shape index (κ2) is 7.31. The number of likely N-dealkylation sites (tertiary alicyclic amines) is 1. The zero-order chi connectivity index (χ0) is 16.2. The molecule has 0 aliphatic carbocycles. The quantitative estimate of drug-likeness (QED) is 0.806. The van der Waals surface area contributed by atoms with Gasteiger partial charge in [-0.15, -0.1) is 0 Å². The average molecular weight is 327 g/mol. The van der Waals surface area contributed by atoms with E-state index < -0.39 is 9.84 Å². The van der Waals surface area contributed by atoms with Gasteiger partial charge in [0.1, 0.15) is 5.76 Å². The van der Waals surface area contributed by atoms with E-state index in [1.54, 1.807) is 11.2 Å². The summed E-state index contributed by atoms with van der Waals surface area (Å²) >= 11 is 0. The predicted octanol–water partition coefficient (Wildman–Crippen LogP) is 2.79. The molecule has 2 heterocycles. The van der Waals surface area contributed by atoms with E-state index in [1.165, 1.54) is 0 Å². The van der Waals surface area contributed by atoms with Crippen molar-refractivity contribution in [2.24, 2.45) is 5.92 Å². The van der Waals surface area contributed by atoms with E-state index in [9.17, 15) is 13.2 Å². The van der Waals surface area contributed by atoms with Crippen molar-refractivity contribution in [1.82, 2.24) is 4.90 Å². The highest BCUT2D eigenvalue weighted by Gasteiger charge is 2.30. The SMILES string of the molecule is CC(C)CS(=O)(=O)CCC(=O)N1CCCC[C@H]1c1ccco1. The summed E-state index contributed by atoms with van der Waals surface area (Å²) in [6, 6.07) is 3.65. The molecule has 1 amide bonds. The second-order valence-electron chi connectivity index (χ2n) is 6.37. The molecule has 5 nitrogen and oxygen atoms in total. The van der Waals surface area contributed by atoms with E-state index in [1.807, 2.05) is 26.0 Å². The minimum Gasteiger partial charge on any atom is -0.467 e. The number of furan rings is 1. The molecule has 0 spiro atoms. The molecule has 0 radical (unpaired) electrons. The minimum atomic E-state index is -3.16. The van der Waals surface area contributed by atoms with Crippen LogP contribution in [0, 0.1) is 5.92 Å². The summed E-state index contributed by atoms with van der Waals surface area (Å²) in [5.41, 5.74) is 0. The smallest absolute Gasteiger partial charge is 0.224 e. The Kier molecular flexibility index (Phi) is 5.67. The number of nitrogens with zero attached hydrogens (tertiary/aromatic N) is 1. The number of carbonyl (C=O) groups is 1. The first-order valence-electron chi connectivity index (χ1n) is 7.92. The Morgan fingerprint density at radius 3 is 2.82 bits per heavy atom. The van der Waals surface area contributed by atoms with Gasteiger partial charge >= 0.3 is 0 Å². The van der Waals surface area contributed by atoms with Crippen LogP contribution in [0.1, 0.15) is 51.3 Å². The summed E-state index contributed by atoms with van der Waals surface area (Å²) in [5, 5.41) is 0. The van der Waals surface area contributed by atoms with Gasteiger partial charge < -0.3 is 9.32 Å². The Morgan fingerprint density at radius 2 is 2.18 bits per heavy atom. The van der Waals surface area contributed by atoms with Crippen molar-refractivity contribution in [3.63, 3.8) is 0 Å². The van der Waals surface area contributed by atoms with E-state index in [2.05, 4.69) is 0 Å². The Hall–Kier alpha value is -1.30. The molecule has 0 saturated carbocycles. The van der Waals surface area contributed by atoms with Gasteiger partial charge in [0.2, 0.25) is 5.91 Å². The van der Waals surface area contributed by atoms with Gasteiger partial charge in [-0.1, -0.05) is 13.8 Å². The van der Waals surface area contributed by atoms with Crippen molar-refractivity contribution in [2.45, 2.75) is 45.6 Å². The van der Waals surface area contributed by atoms with Crippen molar-refractivity contribution < 1.29 is 17.6 Å². The lowest BCUT2D eigenvalue weighted by atomic mass is 9.99. The molecular weight excluding hydrogens is 302 g/mol. The average Bonchev–Trinajstić information content (AvgIpc) is 2.97. The topological polar surface area (TPSA) is 67.6 Å². The predicted molar refractivity (Wildman–Crippen MR) is 85.1 cm³/mol. The molecule has 1 aliphatic rings. The van der Waals surface area contributed by atoms with Crippen LogP contribution in [0.5, 0.6) is 0 Å². The Labute approximate surface area is 132 Å². The van der Waals surface area contributed by atoms with E-state index in [0.29, 0.717) is 6.54 Å². The molecule has 0 bridgehead atoms. The number of hydrogen-bond donors (Lipinski definition) is 0. The van der Waals surface area contributed by atoms with Gasteiger partial charge in [-0.05, 0) is 37.3 Å². The van der Waals surface area contributed by atoms with Gasteiger partial charge in [-0.25, -0.2) is 8.42 Å². The first-order valence-corrected chi connectivity index (χ1v) is 9.74. The van der Waals surface area contributed by atoms with Crippen LogP contribution < -0.4 is 0 Å². The monoisotopic (exact) mass is 327 g/mol. The maximum absolute atomic E-state index is 12.5. The van der Waals surface area contributed by atoms with Crippen molar-refractivity contribution in [3.8, 4) is 0 Å². The van der Waals surface area contributed by atoms with Crippen molar-refractivity contribution in [2.75, 3.05) is 18.1 Å². The molecule has 1 saturated heterocycles. The van der Waals surface area contributed by atoms with Crippen LogP contribution >= 0.6 is 0 Å². The molecule has 0 unspecified atom stereocenters. The van der Waals surface area contributed by atoms with E-state index in [0.717, 1.165) is 25.0 Å². The molecule has 1 aliphatic heterocycles. The molecule has 0 N–H and O–H groups in total. The Bertz CT molecular complexity index is 577. The minimum absolute atomic E-state index is 0.0518. The molecule has 1 aromatic rings. The third-order valence-electron chi connectivity index (χ3n) is 3.91. The summed E-state index contributed by atoms with van der Waals surface area (Å²) in [6.45, 7) is 4.42. The molecule has 124 valence electrons. The fraction of sp³-hybridized carbons (Fsp3) is 0.688. The highest BCUT2D eigenvalue weighted by Crippen LogP contribution is 2.31. The van der Waals surface area contributed by atoms with E-state index in [4.69, 9.17) is 4.42 Å². The number of hydrogen-bond acceptors (Lipinski definition) is 4. The summed E-state index contributed by atoms with van der Waals surface area (Å²) in [4.78, 5) is 14.2. The molecule has 1 atom stereocenters. The summed E-state index contributed by atoms with van der Waals surface area (Å²) in [6.07, 6.45) is 4.56. The summed E-state index contributed by atoms with van der Waals surface area (Å²) < 4.78 is 29.3. The maximum atomic E-state index is 12.5. The Balaban J connectivity index is 1.98. The maximum Gasteiger partial charge on any atom is 0.224 e. The highest BCUT2D eigenvalue weighted by atomic mass is 32.2. The van der Waals surface area contributed by atoms with Gasteiger partial charge in [0, 0.05) is 13.0 Å². The zero-order valence-electron chi connectivity index (χ0n) is 13.3. The lowest BCUT2D eigenvalue weighted by Gasteiger charge is -2.34. The van der Waals surface area contributed by atoms with Crippen LogP contribution in [0.4, 0.5) is 0 Å². The van der Waals surface area contributed by atoms with Gasteiger partial charge in [-0.2, -0.15) is 0 Å². The molecule has 0 aromatic carbocycles. The second-order valence-corrected chi connectivity index (χ2v) is 8.60. The largest absolute Gasteiger partial charge is 0.467 e. The Morgan fingerprint density at radius 1 is 1.41 bits per heavy atom. The van der Waals surface area contributed by atoms with Crippen LogP contribution in [-0.4, -0.2) is 37.3 Å². The lowest BCUT2D eigenvalue weighted by Crippen LogP contribution is -2.39.